The number of nitriles is 1. The van der Waals surface area contributed by atoms with E-state index in [9.17, 15) is 0 Å². The Kier molecular flexibility index (Phi) is 3.50. The van der Waals surface area contributed by atoms with Crippen molar-refractivity contribution in [1.82, 2.24) is 4.98 Å². The van der Waals surface area contributed by atoms with E-state index in [-0.39, 0.29) is 0 Å². The van der Waals surface area contributed by atoms with Crippen LogP contribution in [0.4, 0.5) is 11.4 Å². The standard InChI is InChI=1S/C14H12ClN3/c1-9-3-6-14(10(2)17-9)18-12-5-4-11(8-16)13(15)7-12/h3-7,18H,1-2H3. The van der Waals surface area contributed by atoms with Gasteiger partial charge in [0.15, 0.2) is 0 Å². The molecule has 2 rings (SSSR count). The monoisotopic (exact) mass is 257 g/mol. The zero-order chi connectivity index (χ0) is 13.1. The molecule has 1 N–H and O–H groups in total. The van der Waals surface area contributed by atoms with Crippen LogP contribution in [0.3, 0.4) is 0 Å². The molecule has 0 bridgehead atoms. The minimum atomic E-state index is 0.445. The van der Waals surface area contributed by atoms with E-state index in [4.69, 9.17) is 16.9 Å². The lowest BCUT2D eigenvalue weighted by molar-refractivity contribution is 1.12. The van der Waals surface area contributed by atoms with Crippen LogP contribution in [0.2, 0.25) is 5.02 Å². The third-order valence-corrected chi connectivity index (χ3v) is 2.91. The van der Waals surface area contributed by atoms with Gasteiger partial charge in [-0.15, -0.1) is 0 Å². The van der Waals surface area contributed by atoms with Crippen LogP contribution < -0.4 is 5.32 Å². The van der Waals surface area contributed by atoms with Crippen molar-refractivity contribution in [3.8, 4) is 6.07 Å². The summed E-state index contributed by atoms with van der Waals surface area (Å²) in [4.78, 5) is 4.38. The van der Waals surface area contributed by atoms with Gasteiger partial charge in [0.2, 0.25) is 0 Å². The Morgan fingerprint density at radius 3 is 2.61 bits per heavy atom. The highest BCUT2D eigenvalue weighted by molar-refractivity contribution is 6.32. The molecule has 0 spiro atoms. The first-order valence-electron chi connectivity index (χ1n) is 5.51. The molecule has 0 amide bonds. The number of aromatic nitrogens is 1. The molecule has 0 atom stereocenters. The summed E-state index contributed by atoms with van der Waals surface area (Å²) >= 11 is 5.98. The first kappa shape index (κ1) is 12.4. The lowest BCUT2D eigenvalue weighted by Crippen LogP contribution is -1.96. The summed E-state index contributed by atoms with van der Waals surface area (Å²) in [6.45, 7) is 3.90. The average Bonchev–Trinajstić information content (AvgIpc) is 2.33. The second-order valence-electron chi connectivity index (χ2n) is 4.02. The van der Waals surface area contributed by atoms with E-state index < -0.39 is 0 Å². The van der Waals surface area contributed by atoms with E-state index in [1.807, 2.05) is 38.1 Å². The summed E-state index contributed by atoms with van der Waals surface area (Å²) in [5.74, 6) is 0. The van der Waals surface area contributed by atoms with Gasteiger partial charge in [-0.3, -0.25) is 4.98 Å². The molecule has 0 aliphatic carbocycles. The summed E-state index contributed by atoms with van der Waals surface area (Å²) < 4.78 is 0. The molecule has 0 unspecified atom stereocenters. The van der Waals surface area contributed by atoms with Crippen molar-refractivity contribution in [2.75, 3.05) is 5.32 Å². The highest BCUT2D eigenvalue weighted by Crippen LogP contribution is 2.24. The maximum absolute atomic E-state index is 8.81. The van der Waals surface area contributed by atoms with Gasteiger partial charge in [0.25, 0.3) is 0 Å². The van der Waals surface area contributed by atoms with Crippen molar-refractivity contribution in [2.45, 2.75) is 13.8 Å². The van der Waals surface area contributed by atoms with Gasteiger partial charge in [-0.05, 0) is 44.2 Å². The molecule has 1 aromatic heterocycles. The van der Waals surface area contributed by atoms with E-state index in [1.54, 1.807) is 12.1 Å². The van der Waals surface area contributed by atoms with Crippen molar-refractivity contribution in [1.29, 1.82) is 5.26 Å². The zero-order valence-corrected chi connectivity index (χ0v) is 10.9. The van der Waals surface area contributed by atoms with Crippen LogP contribution in [0.1, 0.15) is 17.0 Å². The molecule has 0 aliphatic rings. The molecule has 1 aromatic carbocycles. The number of anilines is 2. The van der Waals surface area contributed by atoms with Crippen molar-refractivity contribution >= 4 is 23.0 Å². The predicted octanol–water partition coefficient (Wildman–Crippen LogP) is 3.97. The topological polar surface area (TPSA) is 48.7 Å². The molecule has 18 heavy (non-hydrogen) atoms. The fraction of sp³-hybridized carbons (Fsp3) is 0.143. The minimum absolute atomic E-state index is 0.445. The summed E-state index contributed by atoms with van der Waals surface area (Å²) in [6, 6.07) is 11.2. The molecular weight excluding hydrogens is 246 g/mol. The second kappa shape index (κ2) is 5.07. The van der Waals surface area contributed by atoms with Gasteiger partial charge in [0.05, 0.1) is 22.0 Å². The maximum atomic E-state index is 8.81. The molecule has 1 heterocycles. The Morgan fingerprint density at radius 2 is 2.00 bits per heavy atom. The molecule has 2 aromatic rings. The quantitative estimate of drug-likeness (QED) is 0.886. The normalized spacial score (nSPS) is 9.89. The fourth-order valence-electron chi connectivity index (χ4n) is 1.66. The molecule has 0 aliphatic heterocycles. The molecule has 0 saturated heterocycles. The number of hydrogen-bond donors (Lipinski definition) is 1. The van der Waals surface area contributed by atoms with Crippen LogP contribution in [-0.2, 0) is 0 Å². The largest absolute Gasteiger partial charge is 0.354 e. The van der Waals surface area contributed by atoms with Crippen LogP contribution in [-0.4, -0.2) is 4.98 Å². The highest BCUT2D eigenvalue weighted by atomic mass is 35.5. The first-order valence-corrected chi connectivity index (χ1v) is 5.89. The van der Waals surface area contributed by atoms with Crippen molar-refractivity contribution < 1.29 is 0 Å². The van der Waals surface area contributed by atoms with Gasteiger partial charge in [-0.1, -0.05) is 11.6 Å². The third-order valence-electron chi connectivity index (χ3n) is 2.59. The fourth-order valence-corrected chi connectivity index (χ4v) is 1.88. The Labute approximate surface area is 111 Å². The van der Waals surface area contributed by atoms with Crippen LogP contribution in [0.25, 0.3) is 0 Å². The summed E-state index contributed by atoms with van der Waals surface area (Å²) in [7, 11) is 0. The minimum Gasteiger partial charge on any atom is -0.354 e. The van der Waals surface area contributed by atoms with Crippen LogP contribution in [0.5, 0.6) is 0 Å². The number of nitrogens with zero attached hydrogens (tertiary/aromatic N) is 2. The molecule has 0 radical (unpaired) electrons. The molecule has 0 saturated carbocycles. The van der Waals surface area contributed by atoms with Gasteiger partial charge in [0, 0.05) is 11.4 Å². The Bertz CT molecular complexity index is 629. The van der Waals surface area contributed by atoms with Gasteiger partial charge in [-0.2, -0.15) is 5.26 Å². The summed E-state index contributed by atoms with van der Waals surface area (Å²) in [5.41, 5.74) is 4.15. The SMILES string of the molecule is Cc1ccc(Nc2ccc(C#N)c(Cl)c2)c(C)n1. The lowest BCUT2D eigenvalue weighted by atomic mass is 10.2. The Balaban J connectivity index is 2.29. The number of aryl methyl sites for hydroxylation is 2. The van der Waals surface area contributed by atoms with E-state index in [0.29, 0.717) is 10.6 Å². The smallest absolute Gasteiger partial charge is 0.101 e. The van der Waals surface area contributed by atoms with Crippen molar-refractivity contribution in [3.63, 3.8) is 0 Å². The number of hydrogen-bond acceptors (Lipinski definition) is 3. The van der Waals surface area contributed by atoms with Gasteiger partial charge < -0.3 is 5.32 Å². The van der Waals surface area contributed by atoms with Crippen LogP contribution >= 0.6 is 11.6 Å². The molecular formula is C14H12ClN3. The third kappa shape index (κ3) is 2.61. The van der Waals surface area contributed by atoms with E-state index >= 15 is 0 Å². The lowest BCUT2D eigenvalue weighted by Gasteiger charge is -2.10. The number of nitrogens with one attached hydrogen (secondary N) is 1. The van der Waals surface area contributed by atoms with E-state index in [0.717, 1.165) is 22.8 Å². The summed E-state index contributed by atoms with van der Waals surface area (Å²) in [5, 5.41) is 12.5. The van der Waals surface area contributed by atoms with Crippen LogP contribution in [0.15, 0.2) is 30.3 Å². The van der Waals surface area contributed by atoms with Crippen molar-refractivity contribution in [3.05, 3.63) is 52.3 Å². The van der Waals surface area contributed by atoms with Gasteiger partial charge in [-0.25, -0.2) is 0 Å². The highest BCUT2D eigenvalue weighted by Gasteiger charge is 2.03. The zero-order valence-electron chi connectivity index (χ0n) is 10.2. The van der Waals surface area contributed by atoms with E-state index in [1.165, 1.54) is 0 Å². The summed E-state index contributed by atoms with van der Waals surface area (Å²) in [6.07, 6.45) is 0. The molecule has 4 heteroatoms. The van der Waals surface area contributed by atoms with Gasteiger partial charge in [0.1, 0.15) is 6.07 Å². The molecule has 90 valence electrons. The van der Waals surface area contributed by atoms with E-state index in [2.05, 4.69) is 10.3 Å². The van der Waals surface area contributed by atoms with Crippen molar-refractivity contribution in [2.24, 2.45) is 0 Å². The van der Waals surface area contributed by atoms with Gasteiger partial charge >= 0.3 is 0 Å². The number of rotatable bonds is 2. The second-order valence-corrected chi connectivity index (χ2v) is 4.42. The Hall–Kier alpha value is -2.05. The molecule has 3 nitrogen and oxygen atoms in total. The number of benzene rings is 1. The van der Waals surface area contributed by atoms with Crippen LogP contribution in [0, 0.1) is 25.2 Å². The Morgan fingerprint density at radius 1 is 1.22 bits per heavy atom. The average molecular weight is 258 g/mol. The first-order chi connectivity index (χ1) is 8.60. The number of pyridine rings is 1. The molecule has 0 fully saturated rings. The predicted molar refractivity (Wildman–Crippen MR) is 73.2 cm³/mol. The number of halogens is 1. The maximum Gasteiger partial charge on any atom is 0.101 e.